The van der Waals surface area contributed by atoms with Crippen LogP contribution in [0.3, 0.4) is 0 Å². The van der Waals surface area contributed by atoms with Crippen LogP contribution in [0.15, 0.2) is 53.7 Å². The fourth-order valence-electron chi connectivity index (χ4n) is 2.01. The fraction of sp³-hybridized carbons (Fsp3) is 0.0667. The highest BCUT2D eigenvalue weighted by Gasteiger charge is 2.15. The number of pyridine rings is 2. The molecule has 0 aliphatic rings. The number of rotatable bonds is 3. The topological polar surface area (TPSA) is 85.6 Å². The summed E-state index contributed by atoms with van der Waals surface area (Å²) < 4.78 is 6.42. The van der Waals surface area contributed by atoms with E-state index in [1.807, 2.05) is 0 Å². The Bertz CT molecular complexity index is 904. The number of fused-ring (bicyclic) bond motifs is 1. The maximum atomic E-state index is 12.3. The Morgan fingerprint density at radius 1 is 1.23 bits per heavy atom. The molecule has 3 heterocycles. The second-order valence-electron chi connectivity index (χ2n) is 4.41. The third kappa shape index (κ3) is 2.39. The lowest BCUT2D eigenvalue weighted by molar-refractivity contribution is 0.102. The molecule has 0 saturated heterocycles. The van der Waals surface area contributed by atoms with Crippen molar-refractivity contribution in [2.45, 2.75) is 0 Å². The number of nitrogens with zero attached hydrogens (tertiary/aromatic N) is 3. The van der Waals surface area contributed by atoms with Crippen molar-refractivity contribution in [1.82, 2.24) is 14.4 Å². The van der Waals surface area contributed by atoms with Crippen molar-refractivity contribution in [3.63, 3.8) is 0 Å². The highest BCUT2D eigenvalue weighted by Crippen LogP contribution is 2.20. The monoisotopic (exact) mass is 296 g/mol. The van der Waals surface area contributed by atoms with Gasteiger partial charge in [0.1, 0.15) is 11.2 Å². The molecule has 0 aliphatic heterocycles. The molecule has 0 bridgehead atoms. The second kappa shape index (κ2) is 5.65. The Hall–Kier alpha value is -3.22. The number of methoxy groups -OCH3 is 1. The van der Waals surface area contributed by atoms with Gasteiger partial charge in [-0.1, -0.05) is 6.07 Å². The van der Waals surface area contributed by atoms with Gasteiger partial charge in [-0.15, -0.1) is 0 Å². The lowest BCUT2D eigenvalue weighted by Crippen LogP contribution is -2.27. The Morgan fingerprint density at radius 3 is 2.91 bits per heavy atom. The predicted molar refractivity (Wildman–Crippen MR) is 80.2 cm³/mol. The van der Waals surface area contributed by atoms with Crippen LogP contribution in [0.1, 0.15) is 10.4 Å². The van der Waals surface area contributed by atoms with Crippen molar-refractivity contribution in [2.24, 2.45) is 0 Å². The second-order valence-corrected chi connectivity index (χ2v) is 4.41. The number of nitrogens with one attached hydrogen (secondary N) is 1. The number of carbonyl (C=O) groups excluding carboxylic acids is 1. The van der Waals surface area contributed by atoms with E-state index in [1.54, 1.807) is 36.5 Å². The van der Waals surface area contributed by atoms with E-state index in [4.69, 9.17) is 4.74 Å². The minimum Gasteiger partial charge on any atom is -0.493 e. The van der Waals surface area contributed by atoms with Crippen LogP contribution in [0.25, 0.3) is 5.65 Å². The molecule has 3 aromatic rings. The number of amides is 1. The van der Waals surface area contributed by atoms with E-state index >= 15 is 0 Å². The lowest BCUT2D eigenvalue weighted by atomic mass is 10.3. The molecule has 3 aromatic heterocycles. The molecule has 0 radical (unpaired) electrons. The summed E-state index contributed by atoms with van der Waals surface area (Å²) in [5.41, 5.74) is -0.0473. The van der Waals surface area contributed by atoms with Crippen molar-refractivity contribution in [1.29, 1.82) is 0 Å². The van der Waals surface area contributed by atoms with E-state index in [-0.39, 0.29) is 11.4 Å². The quantitative estimate of drug-likeness (QED) is 0.788. The van der Waals surface area contributed by atoms with Gasteiger partial charge in [0.2, 0.25) is 0 Å². The molecule has 1 N–H and O–H groups in total. The van der Waals surface area contributed by atoms with Crippen LogP contribution in [0.5, 0.6) is 5.75 Å². The largest absolute Gasteiger partial charge is 0.493 e. The summed E-state index contributed by atoms with van der Waals surface area (Å²) in [4.78, 5) is 32.7. The number of hydrogen-bond acceptors (Lipinski definition) is 5. The molecule has 3 rings (SSSR count). The maximum absolute atomic E-state index is 12.3. The molecular formula is C15H12N4O3. The average Bonchev–Trinajstić information content (AvgIpc) is 2.56. The van der Waals surface area contributed by atoms with Gasteiger partial charge in [-0.25, -0.2) is 9.97 Å². The van der Waals surface area contributed by atoms with Gasteiger partial charge in [-0.3, -0.25) is 14.0 Å². The van der Waals surface area contributed by atoms with Gasteiger partial charge in [-0.05, 0) is 24.3 Å². The molecule has 0 atom stereocenters. The number of hydrogen-bond donors (Lipinski definition) is 1. The standard InChI is InChI=1S/C15H12N4O3/c1-22-11-5-4-7-16-13(11)18-14(20)10-9-17-12-6-2-3-8-19(12)15(10)21/h2-9H,1H3,(H,16,18,20). The first-order valence-corrected chi connectivity index (χ1v) is 6.47. The van der Waals surface area contributed by atoms with Crippen LogP contribution >= 0.6 is 0 Å². The SMILES string of the molecule is COc1cccnc1NC(=O)c1cnc2ccccn2c1=O. The number of carbonyl (C=O) groups is 1. The van der Waals surface area contributed by atoms with Gasteiger partial charge in [0, 0.05) is 18.6 Å². The van der Waals surface area contributed by atoms with E-state index in [1.165, 1.54) is 23.9 Å². The van der Waals surface area contributed by atoms with Crippen LogP contribution in [0, 0.1) is 0 Å². The summed E-state index contributed by atoms with van der Waals surface area (Å²) in [6, 6.07) is 8.49. The van der Waals surface area contributed by atoms with Crippen LogP contribution < -0.4 is 15.6 Å². The Balaban J connectivity index is 1.99. The van der Waals surface area contributed by atoms with Crippen LogP contribution in [-0.4, -0.2) is 27.4 Å². The van der Waals surface area contributed by atoms with Crippen LogP contribution in [-0.2, 0) is 0 Å². The molecule has 0 spiro atoms. The Labute approximate surface area is 125 Å². The molecule has 22 heavy (non-hydrogen) atoms. The predicted octanol–water partition coefficient (Wildman–Crippen LogP) is 1.35. The molecule has 0 saturated carbocycles. The van der Waals surface area contributed by atoms with E-state index < -0.39 is 11.5 Å². The number of ether oxygens (including phenoxy) is 1. The summed E-state index contributed by atoms with van der Waals surface area (Å²) in [7, 11) is 1.47. The molecule has 7 nitrogen and oxygen atoms in total. The minimum absolute atomic E-state index is 0.0728. The first-order valence-electron chi connectivity index (χ1n) is 6.47. The van der Waals surface area contributed by atoms with Gasteiger partial charge in [0.05, 0.1) is 7.11 Å². The van der Waals surface area contributed by atoms with Gasteiger partial charge in [0.15, 0.2) is 11.6 Å². The molecule has 0 aromatic carbocycles. The smallest absolute Gasteiger partial charge is 0.270 e. The summed E-state index contributed by atoms with van der Waals surface area (Å²) in [6.45, 7) is 0. The van der Waals surface area contributed by atoms with Crippen molar-refractivity contribution in [2.75, 3.05) is 12.4 Å². The summed E-state index contributed by atoms with van der Waals surface area (Å²) >= 11 is 0. The van der Waals surface area contributed by atoms with Crippen LogP contribution in [0.4, 0.5) is 5.82 Å². The van der Waals surface area contributed by atoms with Gasteiger partial charge < -0.3 is 10.1 Å². The molecular weight excluding hydrogens is 284 g/mol. The summed E-state index contributed by atoms with van der Waals surface area (Å²) in [6.07, 6.45) is 4.33. The lowest BCUT2D eigenvalue weighted by Gasteiger charge is -2.08. The molecule has 110 valence electrons. The van der Waals surface area contributed by atoms with Crippen molar-refractivity contribution >= 4 is 17.4 Å². The first kappa shape index (κ1) is 13.7. The maximum Gasteiger partial charge on any atom is 0.270 e. The van der Waals surface area contributed by atoms with Crippen molar-refractivity contribution in [3.8, 4) is 5.75 Å². The number of aromatic nitrogens is 3. The highest BCUT2D eigenvalue weighted by molar-refractivity contribution is 6.04. The Kier molecular flexibility index (Phi) is 3.53. The summed E-state index contributed by atoms with van der Waals surface area (Å²) in [5.74, 6) is 0.0602. The van der Waals surface area contributed by atoms with Crippen molar-refractivity contribution < 1.29 is 9.53 Å². The first-order chi connectivity index (χ1) is 10.7. The van der Waals surface area contributed by atoms with Gasteiger partial charge in [-0.2, -0.15) is 0 Å². The normalized spacial score (nSPS) is 10.4. The minimum atomic E-state index is -0.590. The van der Waals surface area contributed by atoms with Crippen LogP contribution in [0.2, 0.25) is 0 Å². The Morgan fingerprint density at radius 2 is 2.09 bits per heavy atom. The molecule has 0 fully saturated rings. The molecule has 0 unspecified atom stereocenters. The van der Waals surface area contributed by atoms with Gasteiger partial charge in [0.25, 0.3) is 11.5 Å². The fourth-order valence-corrected chi connectivity index (χ4v) is 2.01. The zero-order valence-electron chi connectivity index (χ0n) is 11.7. The third-order valence-electron chi connectivity index (χ3n) is 3.08. The van der Waals surface area contributed by atoms with Crippen molar-refractivity contribution in [3.05, 3.63) is 64.8 Å². The zero-order chi connectivity index (χ0) is 15.5. The zero-order valence-corrected chi connectivity index (χ0v) is 11.7. The third-order valence-corrected chi connectivity index (χ3v) is 3.08. The average molecular weight is 296 g/mol. The molecule has 1 amide bonds. The van der Waals surface area contributed by atoms with E-state index in [0.717, 1.165) is 0 Å². The molecule has 7 heteroatoms. The summed E-state index contributed by atoms with van der Waals surface area (Å²) in [5, 5.41) is 2.55. The van der Waals surface area contributed by atoms with E-state index in [2.05, 4.69) is 15.3 Å². The molecule has 0 aliphatic carbocycles. The van der Waals surface area contributed by atoms with Gasteiger partial charge >= 0.3 is 0 Å². The van der Waals surface area contributed by atoms with E-state index in [9.17, 15) is 9.59 Å². The highest BCUT2D eigenvalue weighted by atomic mass is 16.5. The van der Waals surface area contributed by atoms with E-state index in [0.29, 0.717) is 11.4 Å². The number of anilines is 1.